The van der Waals surface area contributed by atoms with Crippen molar-refractivity contribution in [2.24, 2.45) is 0 Å². The minimum absolute atomic E-state index is 0.214. The van der Waals surface area contributed by atoms with E-state index in [1.165, 1.54) is 37.8 Å². The number of unbranched alkanes of at least 4 members (excludes halogenated alkanes) is 3. The van der Waals surface area contributed by atoms with Crippen molar-refractivity contribution in [3.05, 3.63) is 29.6 Å². The zero-order chi connectivity index (χ0) is 13.2. The lowest BCUT2D eigenvalue weighted by molar-refractivity contribution is 0.311. The minimum atomic E-state index is -0.214. The number of hydrogen-bond acceptors (Lipinski definition) is 2. The maximum atomic E-state index is 12.9. The molecule has 1 N–H and O–H groups in total. The second kappa shape index (κ2) is 8.92. The summed E-state index contributed by atoms with van der Waals surface area (Å²) in [5.74, 6) is 0.554. The van der Waals surface area contributed by atoms with Gasteiger partial charge in [-0.2, -0.15) is 0 Å². The van der Waals surface area contributed by atoms with Crippen molar-refractivity contribution in [1.82, 2.24) is 5.32 Å². The lowest BCUT2D eigenvalue weighted by Crippen LogP contribution is -2.22. The molecule has 0 saturated carbocycles. The van der Waals surface area contributed by atoms with Crippen LogP contribution >= 0.6 is 0 Å². The van der Waals surface area contributed by atoms with Gasteiger partial charge in [0.05, 0.1) is 0 Å². The summed E-state index contributed by atoms with van der Waals surface area (Å²) in [6.07, 6.45) is 5.10. The molecular formula is C15H24FNO. The number of aryl methyl sites for hydroxylation is 1. The van der Waals surface area contributed by atoms with Gasteiger partial charge in [0.15, 0.2) is 0 Å². The number of ether oxygens (including phenoxy) is 1. The van der Waals surface area contributed by atoms with Crippen molar-refractivity contribution in [2.45, 2.75) is 39.5 Å². The van der Waals surface area contributed by atoms with Crippen LogP contribution in [0.25, 0.3) is 0 Å². The monoisotopic (exact) mass is 253 g/mol. The third kappa shape index (κ3) is 6.01. The fourth-order valence-corrected chi connectivity index (χ4v) is 1.81. The minimum Gasteiger partial charge on any atom is -0.492 e. The zero-order valence-electron chi connectivity index (χ0n) is 11.5. The van der Waals surface area contributed by atoms with E-state index >= 15 is 0 Å². The van der Waals surface area contributed by atoms with Crippen molar-refractivity contribution < 1.29 is 9.13 Å². The van der Waals surface area contributed by atoms with Gasteiger partial charge in [-0.25, -0.2) is 4.39 Å². The fraction of sp³-hybridized carbons (Fsp3) is 0.600. The van der Waals surface area contributed by atoms with E-state index in [1.54, 1.807) is 6.07 Å². The van der Waals surface area contributed by atoms with E-state index in [-0.39, 0.29) is 5.82 Å². The molecule has 0 atom stereocenters. The molecule has 2 nitrogen and oxygen atoms in total. The molecule has 0 fully saturated rings. The molecule has 0 bridgehead atoms. The van der Waals surface area contributed by atoms with E-state index in [0.717, 1.165) is 24.4 Å². The average molecular weight is 253 g/mol. The molecule has 0 aromatic heterocycles. The van der Waals surface area contributed by atoms with E-state index < -0.39 is 0 Å². The summed E-state index contributed by atoms with van der Waals surface area (Å²) in [4.78, 5) is 0. The van der Waals surface area contributed by atoms with E-state index in [2.05, 4.69) is 12.2 Å². The molecule has 18 heavy (non-hydrogen) atoms. The Kier molecular flexibility index (Phi) is 7.42. The molecule has 0 amide bonds. The molecule has 1 aromatic rings. The molecule has 3 heteroatoms. The highest BCUT2D eigenvalue weighted by Gasteiger charge is 2.00. The first kappa shape index (κ1) is 15.0. The van der Waals surface area contributed by atoms with Crippen molar-refractivity contribution in [1.29, 1.82) is 0 Å². The Morgan fingerprint density at radius 2 is 2.00 bits per heavy atom. The third-order valence-corrected chi connectivity index (χ3v) is 2.88. The Morgan fingerprint density at radius 1 is 1.17 bits per heavy atom. The Hall–Kier alpha value is -1.09. The molecule has 1 rings (SSSR count). The van der Waals surface area contributed by atoms with Gasteiger partial charge in [0.25, 0.3) is 0 Å². The zero-order valence-corrected chi connectivity index (χ0v) is 11.5. The van der Waals surface area contributed by atoms with Crippen molar-refractivity contribution in [2.75, 3.05) is 19.7 Å². The van der Waals surface area contributed by atoms with Gasteiger partial charge in [-0.05, 0) is 43.7 Å². The lowest BCUT2D eigenvalue weighted by Gasteiger charge is -2.09. The number of benzene rings is 1. The summed E-state index contributed by atoms with van der Waals surface area (Å²) in [6, 6.07) is 4.61. The number of halogens is 1. The Morgan fingerprint density at radius 3 is 2.72 bits per heavy atom. The van der Waals surface area contributed by atoms with Gasteiger partial charge in [0.2, 0.25) is 0 Å². The van der Waals surface area contributed by atoms with Crippen molar-refractivity contribution in [3.63, 3.8) is 0 Å². The predicted octanol–water partition coefficient (Wildman–Crippen LogP) is 3.68. The van der Waals surface area contributed by atoms with Gasteiger partial charge < -0.3 is 10.1 Å². The number of nitrogens with one attached hydrogen (secondary N) is 1. The van der Waals surface area contributed by atoms with E-state index in [1.807, 2.05) is 6.92 Å². The molecule has 0 aliphatic heterocycles. The fourth-order valence-electron chi connectivity index (χ4n) is 1.81. The highest BCUT2D eigenvalue weighted by molar-refractivity contribution is 5.32. The molecule has 0 aliphatic carbocycles. The van der Waals surface area contributed by atoms with Gasteiger partial charge in [-0.1, -0.05) is 26.2 Å². The molecule has 102 valence electrons. The average Bonchev–Trinajstić information content (AvgIpc) is 2.35. The Bertz CT molecular complexity index is 341. The summed E-state index contributed by atoms with van der Waals surface area (Å²) in [5, 5.41) is 3.35. The normalized spacial score (nSPS) is 10.6. The second-order valence-electron chi connectivity index (χ2n) is 4.57. The highest BCUT2D eigenvalue weighted by Crippen LogP contribution is 2.17. The summed E-state index contributed by atoms with van der Waals surface area (Å²) in [7, 11) is 0. The lowest BCUT2D eigenvalue weighted by atomic mass is 10.2. The maximum Gasteiger partial charge on any atom is 0.123 e. The van der Waals surface area contributed by atoms with Crippen LogP contribution in [-0.4, -0.2) is 19.7 Å². The van der Waals surface area contributed by atoms with E-state index in [9.17, 15) is 4.39 Å². The summed E-state index contributed by atoms with van der Waals surface area (Å²) < 4.78 is 18.5. The largest absolute Gasteiger partial charge is 0.492 e. The van der Waals surface area contributed by atoms with E-state index in [0.29, 0.717) is 6.61 Å². The van der Waals surface area contributed by atoms with E-state index in [4.69, 9.17) is 4.74 Å². The van der Waals surface area contributed by atoms with Crippen LogP contribution in [0.5, 0.6) is 5.75 Å². The molecule has 0 spiro atoms. The van der Waals surface area contributed by atoms with Crippen LogP contribution < -0.4 is 10.1 Å². The Labute approximate surface area is 110 Å². The summed E-state index contributed by atoms with van der Waals surface area (Å²) in [5.41, 5.74) is 0.845. The molecule has 1 aromatic carbocycles. The van der Waals surface area contributed by atoms with Crippen LogP contribution in [-0.2, 0) is 0 Å². The van der Waals surface area contributed by atoms with Crippen molar-refractivity contribution >= 4 is 0 Å². The van der Waals surface area contributed by atoms with Crippen LogP contribution in [0.2, 0.25) is 0 Å². The van der Waals surface area contributed by atoms with Gasteiger partial charge in [0, 0.05) is 6.54 Å². The second-order valence-corrected chi connectivity index (χ2v) is 4.57. The smallest absolute Gasteiger partial charge is 0.123 e. The molecule has 0 radical (unpaired) electrons. The molecule has 0 heterocycles. The van der Waals surface area contributed by atoms with Crippen LogP contribution in [0.3, 0.4) is 0 Å². The standard InChI is InChI=1S/C15H24FNO/c1-3-4-5-6-9-17-10-11-18-15-8-7-14(16)12-13(15)2/h7-8,12,17H,3-6,9-11H2,1-2H3. The van der Waals surface area contributed by atoms with Crippen LogP contribution in [0, 0.1) is 12.7 Å². The predicted molar refractivity (Wildman–Crippen MR) is 73.6 cm³/mol. The topological polar surface area (TPSA) is 21.3 Å². The third-order valence-electron chi connectivity index (χ3n) is 2.88. The molecular weight excluding hydrogens is 229 g/mol. The first-order valence-electron chi connectivity index (χ1n) is 6.83. The van der Waals surface area contributed by atoms with Crippen LogP contribution in [0.1, 0.15) is 38.2 Å². The first-order valence-corrected chi connectivity index (χ1v) is 6.83. The van der Waals surface area contributed by atoms with Gasteiger partial charge >= 0.3 is 0 Å². The quantitative estimate of drug-likeness (QED) is 0.678. The summed E-state index contributed by atoms with van der Waals surface area (Å²) >= 11 is 0. The SMILES string of the molecule is CCCCCCNCCOc1ccc(F)cc1C. The summed E-state index contributed by atoms with van der Waals surface area (Å²) in [6.45, 7) is 6.58. The highest BCUT2D eigenvalue weighted by atomic mass is 19.1. The van der Waals surface area contributed by atoms with Crippen molar-refractivity contribution in [3.8, 4) is 5.75 Å². The maximum absolute atomic E-state index is 12.9. The van der Waals surface area contributed by atoms with Crippen LogP contribution in [0.4, 0.5) is 4.39 Å². The van der Waals surface area contributed by atoms with Crippen LogP contribution in [0.15, 0.2) is 18.2 Å². The van der Waals surface area contributed by atoms with Gasteiger partial charge in [0.1, 0.15) is 18.2 Å². The number of hydrogen-bond donors (Lipinski definition) is 1. The van der Waals surface area contributed by atoms with Gasteiger partial charge in [-0.3, -0.25) is 0 Å². The number of rotatable bonds is 9. The molecule has 0 saturated heterocycles. The molecule has 0 aliphatic rings. The molecule has 0 unspecified atom stereocenters. The first-order chi connectivity index (χ1) is 8.74. The Balaban J connectivity index is 2.07. The van der Waals surface area contributed by atoms with Gasteiger partial charge in [-0.15, -0.1) is 0 Å².